The Balaban J connectivity index is 2.47. The van der Waals surface area contributed by atoms with Crippen LogP contribution >= 0.6 is 27.3 Å². The minimum atomic E-state index is -0.233. The number of nitrogens with zero attached hydrogens (tertiary/aromatic N) is 1. The van der Waals surface area contributed by atoms with Crippen molar-refractivity contribution in [3.05, 3.63) is 39.6 Å². The molecule has 2 rings (SSSR count). The predicted molar refractivity (Wildman–Crippen MR) is 73.9 cm³/mol. The van der Waals surface area contributed by atoms with E-state index in [2.05, 4.69) is 41.7 Å². The second-order valence-corrected chi connectivity index (χ2v) is 6.69. The van der Waals surface area contributed by atoms with Crippen molar-refractivity contribution in [2.24, 2.45) is 0 Å². The quantitative estimate of drug-likeness (QED) is 0.721. The molecule has 0 amide bonds. The van der Waals surface area contributed by atoms with E-state index in [1.807, 2.05) is 5.38 Å². The molecular weight excluding hydrogens is 301 g/mol. The highest BCUT2D eigenvalue weighted by molar-refractivity contribution is 9.10. The van der Waals surface area contributed by atoms with E-state index in [4.69, 9.17) is 0 Å². The Labute approximate surface area is 113 Å². The summed E-state index contributed by atoms with van der Waals surface area (Å²) in [4.78, 5) is 4.51. The third-order valence-corrected chi connectivity index (χ3v) is 3.80. The van der Waals surface area contributed by atoms with Gasteiger partial charge in [-0.2, -0.15) is 0 Å². The second kappa shape index (κ2) is 4.50. The average molecular weight is 314 g/mol. The lowest BCUT2D eigenvalue weighted by atomic mass is 9.93. The smallest absolute Gasteiger partial charge is 0.133 e. The van der Waals surface area contributed by atoms with Crippen LogP contribution in [0.25, 0.3) is 10.6 Å². The Morgan fingerprint density at radius 1 is 1.29 bits per heavy atom. The number of halogens is 2. The first-order chi connectivity index (χ1) is 7.88. The fraction of sp³-hybridized carbons (Fsp3) is 0.308. The highest BCUT2D eigenvalue weighted by Crippen LogP contribution is 2.32. The first-order valence-electron chi connectivity index (χ1n) is 5.29. The lowest BCUT2D eigenvalue weighted by molar-refractivity contribution is 0.573. The number of hydrogen-bond donors (Lipinski definition) is 0. The lowest BCUT2D eigenvalue weighted by Gasteiger charge is -2.14. The van der Waals surface area contributed by atoms with Gasteiger partial charge in [0.05, 0.1) is 5.69 Å². The van der Waals surface area contributed by atoms with Crippen LogP contribution < -0.4 is 0 Å². The van der Waals surface area contributed by atoms with Crippen LogP contribution in [0.5, 0.6) is 0 Å². The van der Waals surface area contributed by atoms with E-state index in [-0.39, 0.29) is 11.2 Å². The normalized spacial score (nSPS) is 11.8. The van der Waals surface area contributed by atoms with Crippen LogP contribution in [0.4, 0.5) is 4.39 Å². The second-order valence-electron chi connectivity index (χ2n) is 4.91. The predicted octanol–water partition coefficient (Wildman–Crippen LogP) is 5.01. The van der Waals surface area contributed by atoms with Crippen molar-refractivity contribution >= 4 is 27.3 Å². The summed E-state index contributed by atoms with van der Waals surface area (Å²) in [6.45, 7) is 6.30. The zero-order valence-corrected chi connectivity index (χ0v) is 12.3. The number of hydrogen-bond acceptors (Lipinski definition) is 2. The molecular formula is C13H13BrFNS. The summed E-state index contributed by atoms with van der Waals surface area (Å²) < 4.78 is 14.6. The largest absolute Gasteiger partial charge is 0.240 e. The van der Waals surface area contributed by atoms with Crippen LogP contribution in [0.2, 0.25) is 0 Å². The fourth-order valence-corrected chi connectivity index (χ4v) is 2.83. The molecule has 1 nitrogen and oxygen atoms in total. The highest BCUT2D eigenvalue weighted by atomic mass is 79.9. The van der Waals surface area contributed by atoms with Gasteiger partial charge >= 0.3 is 0 Å². The molecule has 0 fully saturated rings. The summed E-state index contributed by atoms with van der Waals surface area (Å²) in [5.41, 5.74) is 1.55. The molecule has 0 N–H and O–H groups in total. The van der Waals surface area contributed by atoms with Gasteiger partial charge in [0, 0.05) is 20.8 Å². The molecule has 4 heteroatoms. The molecule has 0 aliphatic heterocycles. The first kappa shape index (κ1) is 12.7. The van der Waals surface area contributed by atoms with Crippen molar-refractivity contribution in [3.63, 3.8) is 0 Å². The summed E-state index contributed by atoms with van der Waals surface area (Å²) in [7, 11) is 0. The molecule has 1 aromatic carbocycles. The summed E-state index contributed by atoms with van der Waals surface area (Å²) in [6, 6.07) is 4.91. The Bertz CT molecular complexity index is 543. The van der Waals surface area contributed by atoms with Crippen LogP contribution in [0.3, 0.4) is 0 Å². The van der Waals surface area contributed by atoms with Crippen molar-refractivity contribution in [2.75, 3.05) is 0 Å². The molecule has 0 aliphatic rings. The molecule has 0 atom stereocenters. The maximum atomic E-state index is 13.7. The van der Waals surface area contributed by atoms with Crippen LogP contribution in [0.15, 0.2) is 28.1 Å². The van der Waals surface area contributed by atoms with Crippen molar-refractivity contribution in [2.45, 2.75) is 26.2 Å². The van der Waals surface area contributed by atoms with Crippen molar-refractivity contribution < 1.29 is 4.39 Å². The average Bonchev–Trinajstić information content (AvgIpc) is 2.70. The van der Waals surface area contributed by atoms with Gasteiger partial charge in [-0.3, -0.25) is 0 Å². The molecule has 1 heterocycles. The maximum absolute atomic E-state index is 13.7. The fourth-order valence-electron chi connectivity index (χ4n) is 1.40. The standard InChI is InChI=1S/C13H13BrFNS/c1-13(2,3)11-7-17-12(16-11)9-6-8(14)4-5-10(9)15/h4-7H,1-3H3. The highest BCUT2D eigenvalue weighted by Gasteiger charge is 2.19. The van der Waals surface area contributed by atoms with Gasteiger partial charge in [-0.1, -0.05) is 36.7 Å². The molecule has 0 unspecified atom stereocenters. The third kappa shape index (κ3) is 2.75. The van der Waals surface area contributed by atoms with Gasteiger partial charge in [-0.15, -0.1) is 11.3 Å². The van der Waals surface area contributed by atoms with E-state index in [1.165, 1.54) is 17.4 Å². The van der Waals surface area contributed by atoms with Gasteiger partial charge in [0.2, 0.25) is 0 Å². The number of rotatable bonds is 1. The van der Waals surface area contributed by atoms with Crippen molar-refractivity contribution in [1.29, 1.82) is 0 Å². The Morgan fingerprint density at radius 2 is 2.00 bits per heavy atom. The van der Waals surface area contributed by atoms with E-state index in [0.717, 1.165) is 15.2 Å². The molecule has 0 spiro atoms. The molecule has 0 radical (unpaired) electrons. The van der Waals surface area contributed by atoms with Crippen molar-refractivity contribution in [3.8, 4) is 10.6 Å². The van der Waals surface area contributed by atoms with Gasteiger partial charge in [-0.25, -0.2) is 9.37 Å². The van der Waals surface area contributed by atoms with Crippen LogP contribution in [-0.4, -0.2) is 4.98 Å². The SMILES string of the molecule is CC(C)(C)c1csc(-c2cc(Br)ccc2F)n1. The minimum Gasteiger partial charge on any atom is -0.240 e. The van der Waals surface area contributed by atoms with E-state index >= 15 is 0 Å². The van der Waals surface area contributed by atoms with Gasteiger partial charge in [-0.05, 0) is 18.2 Å². The van der Waals surface area contributed by atoms with Gasteiger partial charge in [0.1, 0.15) is 10.8 Å². The van der Waals surface area contributed by atoms with E-state index in [0.29, 0.717) is 5.56 Å². The Morgan fingerprint density at radius 3 is 2.59 bits per heavy atom. The topological polar surface area (TPSA) is 12.9 Å². The van der Waals surface area contributed by atoms with E-state index < -0.39 is 0 Å². The van der Waals surface area contributed by atoms with Crippen LogP contribution in [0.1, 0.15) is 26.5 Å². The summed E-state index contributed by atoms with van der Waals surface area (Å²) >= 11 is 4.83. The molecule has 1 aromatic heterocycles. The summed E-state index contributed by atoms with van der Waals surface area (Å²) in [5.74, 6) is -0.233. The molecule has 0 bridgehead atoms. The van der Waals surface area contributed by atoms with Gasteiger partial charge in [0.15, 0.2) is 0 Å². The molecule has 17 heavy (non-hydrogen) atoms. The lowest BCUT2D eigenvalue weighted by Crippen LogP contribution is -2.11. The Hall–Kier alpha value is -0.740. The van der Waals surface area contributed by atoms with E-state index in [1.54, 1.807) is 12.1 Å². The van der Waals surface area contributed by atoms with Crippen LogP contribution in [0, 0.1) is 5.82 Å². The zero-order chi connectivity index (χ0) is 12.6. The first-order valence-corrected chi connectivity index (χ1v) is 6.96. The van der Waals surface area contributed by atoms with Crippen LogP contribution in [-0.2, 0) is 5.41 Å². The number of thiazole rings is 1. The molecule has 0 saturated heterocycles. The zero-order valence-electron chi connectivity index (χ0n) is 9.92. The van der Waals surface area contributed by atoms with E-state index in [9.17, 15) is 4.39 Å². The Kier molecular flexibility index (Phi) is 3.36. The molecule has 0 saturated carbocycles. The number of aromatic nitrogens is 1. The van der Waals surface area contributed by atoms with Gasteiger partial charge in [0.25, 0.3) is 0 Å². The molecule has 0 aliphatic carbocycles. The number of benzene rings is 1. The summed E-state index contributed by atoms with van der Waals surface area (Å²) in [6.07, 6.45) is 0. The maximum Gasteiger partial charge on any atom is 0.133 e. The third-order valence-electron chi connectivity index (χ3n) is 2.43. The molecule has 2 aromatic rings. The van der Waals surface area contributed by atoms with Crippen molar-refractivity contribution in [1.82, 2.24) is 4.98 Å². The molecule has 90 valence electrons. The minimum absolute atomic E-state index is 0.00274. The van der Waals surface area contributed by atoms with Gasteiger partial charge < -0.3 is 0 Å². The summed E-state index contributed by atoms with van der Waals surface area (Å²) in [5, 5.41) is 2.73. The monoisotopic (exact) mass is 313 g/mol.